The lowest BCUT2D eigenvalue weighted by Crippen LogP contribution is -2.31. The zero-order valence-electron chi connectivity index (χ0n) is 12.7. The minimum Gasteiger partial charge on any atom is -0.309 e. The van der Waals surface area contributed by atoms with Gasteiger partial charge in [-0.2, -0.15) is 0 Å². The zero-order valence-corrected chi connectivity index (χ0v) is 12.7. The summed E-state index contributed by atoms with van der Waals surface area (Å²) < 4.78 is 0. The van der Waals surface area contributed by atoms with Crippen LogP contribution in [0, 0.1) is 5.92 Å². The molecule has 0 radical (unpaired) electrons. The summed E-state index contributed by atoms with van der Waals surface area (Å²) in [5.74, 6) is 0.458. The Hall–Kier alpha value is -1.93. The van der Waals surface area contributed by atoms with Gasteiger partial charge in [-0.15, -0.1) is 0 Å². The Morgan fingerprint density at radius 3 is 2.52 bits per heavy atom. The van der Waals surface area contributed by atoms with Crippen LogP contribution in [0.3, 0.4) is 0 Å². The lowest BCUT2D eigenvalue weighted by molar-refractivity contribution is 0.0877. The molecule has 0 aromatic heterocycles. The third-order valence-electron chi connectivity index (χ3n) is 4.20. The molecule has 0 fully saturated rings. The highest BCUT2D eigenvalue weighted by Gasteiger charge is 2.27. The second-order valence-corrected chi connectivity index (χ2v) is 6.10. The van der Waals surface area contributed by atoms with Gasteiger partial charge in [-0.25, -0.2) is 0 Å². The molecular formula is C19H21NO. The van der Waals surface area contributed by atoms with Gasteiger partial charge in [0.25, 0.3) is 0 Å². The van der Waals surface area contributed by atoms with E-state index in [0.717, 1.165) is 24.9 Å². The van der Waals surface area contributed by atoms with Crippen LogP contribution in [0.4, 0.5) is 0 Å². The predicted octanol–water partition coefficient (Wildman–Crippen LogP) is 3.66. The number of aryl methyl sites for hydroxylation is 1. The van der Waals surface area contributed by atoms with Gasteiger partial charge in [0, 0.05) is 18.0 Å². The molecule has 0 N–H and O–H groups in total. The third kappa shape index (κ3) is 2.91. The van der Waals surface area contributed by atoms with Gasteiger partial charge in [-0.05, 0) is 43.6 Å². The van der Waals surface area contributed by atoms with E-state index in [0.29, 0.717) is 5.78 Å². The normalized spacial score (nSPS) is 17.9. The van der Waals surface area contributed by atoms with Gasteiger partial charge in [0.1, 0.15) is 0 Å². The van der Waals surface area contributed by atoms with Crippen LogP contribution >= 0.6 is 0 Å². The SMILES string of the molecule is CN(C)CC1CCc2cc(-c3ccccc3)ccc2C1=O. The van der Waals surface area contributed by atoms with Crippen LogP contribution in [0.25, 0.3) is 11.1 Å². The quantitative estimate of drug-likeness (QED) is 0.854. The molecule has 108 valence electrons. The minimum atomic E-state index is 0.148. The lowest BCUT2D eigenvalue weighted by atomic mass is 9.81. The molecule has 2 aromatic carbocycles. The molecule has 0 aliphatic heterocycles. The summed E-state index contributed by atoms with van der Waals surface area (Å²) in [5.41, 5.74) is 4.54. The number of hydrogen-bond donors (Lipinski definition) is 0. The maximum Gasteiger partial charge on any atom is 0.167 e. The Morgan fingerprint density at radius 1 is 1.05 bits per heavy atom. The second kappa shape index (κ2) is 5.82. The molecule has 0 saturated carbocycles. The van der Waals surface area contributed by atoms with E-state index in [1.54, 1.807) is 0 Å². The Bertz CT molecular complexity index is 646. The van der Waals surface area contributed by atoms with Gasteiger partial charge < -0.3 is 4.90 Å². The molecule has 0 heterocycles. The van der Waals surface area contributed by atoms with Crippen molar-refractivity contribution in [2.45, 2.75) is 12.8 Å². The zero-order chi connectivity index (χ0) is 14.8. The van der Waals surface area contributed by atoms with Crippen molar-refractivity contribution in [2.75, 3.05) is 20.6 Å². The molecule has 2 nitrogen and oxygen atoms in total. The van der Waals surface area contributed by atoms with Gasteiger partial charge in [-0.3, -0.25) is 4.79 Å². The van der Waals surface area contributed by atoms with Crippen LogP contribution in [0.15, 0.2) is 48.5 Å². The van der Waals surface area contributed by atoms with Gasteiger partial charge in [-0.1, -0.05) is 48.5 Å². The molecule has 1 unspecified atom stereocenters. The van der Waals surface area contributed by atoms with E-state index < -0.39 is 0 Å². The second-order valence-electron chi connectivity index (χ2n) is 6.10. The van der Waals surface area contributed by atoms with E-state index in [9.17, 15) is 4.79 Å². The maximum atomic E-state index is 12.6. The summed E-state index contributed by atoms with van der Waals surface area (Å²) in [6.07, 6.45) is 1.96. The highest BCUT2D eigenvalue weighted by molar-refractivity contribution is 6.00. The van der Waals surface area contributed by atoms with Crippen LogP contribution in [-0.4, -0.2) is 31.3 Å². The van der Waals surface area contributed by atoms with Crippen molar-refractivity contribution in [3.63, 3.8) is 0 Å². The average Bonchev–Trinajstić information content (AvgIpc) is 2.50. The molecule has 0 amide bonds. The number of rotatable bonds is 3. The fourth-order valence-electron chi connectivity index (χ4n) is 3.15. The number of nitrogens with zero attached hydrogens (tertiary/aromatic N) is 1. The monoisotopic (exact) mass is 279 g/mol. The fraction of sp³-hybridized carbons (Fsp3) is 0.316. The molecule has 0 bridgehead atoms. The summed E-state index contributed by atoms with van der Waals surface area (Å²) in [6.45, 7) is 0.846. The highest BCUT2D eigenvalue weighted by atomic mass is 16.1. The van der Waals surface area contributed by atoms with Gasteiger partial charge in [0.2, 0.25) is 0 Å². The molecule has 21 heavy (non-hydrogen) atoms. The molecule has 0 saturated heterocycles. The first-order chi connectivity index (χ1) is 10.1. The van der Waals surface area contributed by atoms with Crippen molar-refractivity contribution in [3.05, 3.63) is 59.7 Å². The first-order valence-electron chi connectivity index (χ1n) is 7.52. The number of ketones is 1. The minimum absolute atomic E-state index is 0.148. The van der Waals surface area contributed by atoms with Crippen molar-refractivity contribution in [1.29, 1.82) is 0 Å². The molecule has 2 heteroatoms. The molecule has 3 rings (SSSR count). The number of benzene rings is 2. The Kier molecular flexibility index (Phi) is 3.89. The summed E-state index contributed by atoms with van der Waals surface area (Å²) in [4.78, 5) is 14.7. The molecular weight excluding hydrogens is 258 g/mol. The standard InChI is InChI=1S/C19H21NO/c1-20(2)13-17-9-8-16-12-15(10-11-18(16)19(17)21)14-6-4-3-5-7-14/h3-7,10-12,17H,8-9,13H2,1-2H3. The van der Waals surface area contributed by atoms with E-state index >= 15 is 0 Å². The van der Waals surface area contributed by atoms with Crippen LogP contribution in [0.5, 0.6) is 0 Å². The number of carbonyl (C=O) groups is 1. The van der Waals surface area contributed by atoms with Crippen LogP contribution in [0.1, 0.15) is 22.3 Å². The summed E-state index contributed by atoms with van der Waals surface area (Å²) in [5, 5.41) is 0. The number of carbonyl (C=O) groups excluding carboxylic acids is 1. The van der Waals surface area contributed by atoms with Crippen LogP contribution in [0.2, 0.25) is 0 Å². The lowest BCUT2D eigenvalue weighted by Gasteiger charge is -2.26. The molecule has 1 aliphatic rings. The molecule has 0 spiro atoms. The Balaban J connectivity index is 1.90. The number of Topliss-reactive ketones (excluding diaryl/α,β-unsaturated/α-hetero) is 1. The molecule has 2 aromatic rings. The summed E-state index contributed by atoms with van der Waals surface area (Å²) in [6, 6.07) is 16.6. The predicted molar refractivity (Wildman–Crippen MR) is 86.6 cm³/mol. The van der Waals surface area contributed by atoms with Crippen LogP contribution in [-0.2, 0) is 6.42 Å². The Morgan fingerprint density at radius 2 is 1.81 bits per heavy atom. The van der Waals surface area contributed by atoms with E-state index in [-0.39, 0.29) is 5.92 Å². The van der Waals surface area contributed by atoms with E-state index in [1.807, 2.05) is 38.4 Å². The Labute approximate surface area is 126 Å². The van der Waals surface area contributed by atoms with Gasteiger partial charge in [0.15, 0.2) is 5.78 Å². The van der Waals surface area contributed by atoms with Crippen LogP contribution < -0.4 is 0 Å². The van der Waals surface area contributed by atoms with Crippen molar-refractivity contribution in [3.8, 4) is 11.1 Å². The first-order valence-corrected chi connectivity index (χ1v) is 7.52. The molecule has 1 aliphatic carbocycles. The number of hydrogen-bond acceptors (Lipinski definition) is 2. The van der Waals surface area contributed by atoms with Gasteiger partial charge >= 0.3 is 0 Å². The average molecular weight is 279 g/mol. The molecule has 1 atom stereocenters. The maximum absolute atomic E-state index is 12.6. The first kappa shape index (κ1) is 14.0. The van der Waals surface area contributed by atoms with Crippen molar-refractivity contribution in [1.82, 2.24) is 4.90 Å². The summed E-state index contributed by atoms with van der Waals surface area (Å²) in [7, 11) is 4.06. The van der Waals surface area contributed by atoms with E-state index in [4.69, 9.17) is 0 Å². The van der Waals surface area contributed by atoms with E-state index in [2.05, 4.69) is 29.2 Å². The highest BCUT2D eigenvalue weighted by Crippen LogP contribution is 2.30. The largest absolute Gasteiger partial charge is 0.309 e. The van der Waals surface area contributed by atoms with E-state index in [1.165, 1.54) is 16.7 Å². The number of fused-ring (bicyclic) bond motifs is 1. The van der Waals surface area contributed by atoms with Gasteiger partial charge in [0.05, 0.1) is 0 Å². The smallest absolute Gasteiger partial charge is 0.167 e. The fourth-order valence-corrected chi connectivity index (χ4v) is 3.15. The van der Waals surface area contributed by atoms with Crippen molar-refractivity contribution >= 4 is 5.78 Å². The van der Waals surface area contributed by atoms with Crippen molar-refractivity contribution < 1.29 is 4.79 Å². The van der Waals surface area contributed by atoms with Crippen molar-refractivity contribution in [2.24, 2.45) is 5.92 Å². The topological polar surface area (TPSA) is 20.3 Å². The third-order valence-corrected chi connectivity index (χ3v) is 4.20. The summed E-state index contributed by atoms with van der Waals surface area (Å²) >= 11 is 0.